The van der Waals surface area contributed by atoms with E-state index in [9.17, 15) is 4.79 Å². The van der Waals surface area contributed by atoms with Crippen molar-refractivity contribution >= 4 is 11.6 Å². The molecule has 2 rings (SSSR count). The molecule has 1 heterocycles. The van der Waals surface area contributed by atoms with Crippen LogP contribution in [0.1, 0.15) is 20.3 Å². The third kappa shape index (κ3) is 2.64. The summed E-state index contributed by atoms with van der Waals surface area (Å²) in [6.07, 6.45) is 0.871. The van der Waals surface area contributed by atoms with Gasteiger partial charge in [-0.2, -0.15) is 0 Å². The zero-order valence-electron chi connectivity index (χ0n) is 11.0. The number of rotatable bonds is 4. The first-order chi connectivity index (χ1) is 8.65. The van der Waals surface area contributed by atoms with Crippen molar-refractivity contribution in [3.05, 3.63) is 24.3 Å². The van der Waals surface area contributed by atoms with Gasteiger partial charge in [0.05, 0.1) is 17.7 Å². The molecule has 1 amide bonds. The topological polar surface area (TPSA) is 50.4 Å². The Bertz CT molecular complexity index is 426. The van der Waals surface area contributed by atoms with Crippen LogP contribution in [-0.2, 0) is 4.79 Å². The first-order valence-corrected chi connectivity index (χ1v) is 6.40. The molecule has 0 aliphatic carbocycles. The lowest BCUT2D eigenvalue weighted by Crippen LogP contribution is -2.35. The van der Waals surface area contributed by atoms with Gasteiger partial charge in [-0.15, -0.1) is 0 Å². The van der Waals surface area contributed by atoms with Crippen LogP contribution in [-0.4, -0.2) is 25.6 Å². The van der Waals surface area contributed by atoms with E-state index >= 15 is 0 Å². The van der Waals surface area contributed by atoms with Crippen LogP contribution in [0.5, 0.6) is 5.75 Å². The lowest BCUT2D eigenvalue weighted by atomic mass is 9.88. The third-order valence-electron chi connectivity index (χ3n) is 3.35. The van der Waals surface area contributed by atoms with Gasteiger partial charge in [-0.3, -0.25) is 4.79 Å². The van der Waals surface area contributed by atoms with E-state index < -0.39 is 0 Å². The fourth-order valence-corrected chi connectivity index (χ4v) is 2.14. The molecule has 1 aliphatic rings. The van der Waals surface area contributed by atoms with Gasteiger partial charge in [-0.1, -0.05) is 12.1 Å². The number of hydrogen-bond acceptors (Lipinski definition) is 3. The van der Waals surface area contributed by atoms with Crippen LogP contribution < -0.4 is 15.4 Å². The van der Waals surface area contributed by atoms with E-state index in [1.165, 1.54) is 0 Å². The van der Waals surface area contributed by atoms with Crippen LogP contribution >= 0.6 is 0 Å². The summed E-state index contributed by atoms with van der Waals surface area (Å²) in [5.74, 6) is 0.780. The second-order valence-corrected chi connectivity index (χ2v) is 4.87. The van der Waals surface area contributed by atoms with Gasteiger partial charge in [0.1, 0.15) is 5.75 Å². The van der Waals surface area contributed by atoms with Gasteiger partial charge in [-0.05, 0) is 38.9 Å². The maximum Gasteiger partial charge on any atom is 0.231 e. The minimum absolute atomic E-state index is 0.0552. The van der Waals surface area contributed by atoms with E-state index in [0.29, 0.717) is 6.61 Å². The predicted molar refractivity (Wildman–Crippen MR) is 71.8 cm³/mol. The highest BCUT2D eigenvalue weighted by Gasteiger charge is 2.36. The number of nitrogens with one attached hydrogen (secondary N) is 2. The van der Waals surface area contributed by atoms with Crippen LogP contribution in [0.15, 0.2) is 24.3 Å². The van der Waals surface area contributed by atoms with E-state index in [2.05, 4.69) is 10.6 Å². The lowest BCUT2D eigenvalue weighted by molar-refractivity contribution is -0.123. The van der Waals surface area contributed by atoms with Gasteiger partial charge in [0.2, 0.25) is 5.91 Å². The summed E-state index contributed by atoms with van der Waals surface area (Å²) in [6.45, 7) is 6.14. The Kier molecular flexibility index (Phi) is 3.87. The predicted octanol–water partition coefficient (Wildman–Crippen LogP) is 2.02. The summed E-state index contributed by atoms with van der Waals surface area (Å²) in [7, 11) is 0. The highest BCUT2D eigenvalue weighted by atomic mass is 16.5. The molecule has 1 atom stereocenters. The maximum atomic E-state index is 12.3. The summed E-state index contributed by atoms with van der Waals surface area (Å²) in [5, 5.41) is 6.20. The standard InChI is InChI=1S/C14H20N2O2/c1-3-18-12-7-5-4-6-11(12)16-13(17)14(2)8-9-15-10-14/h4-7,15H,3,8-10H2,1-2H3,(H,16,17). The highest BCUT2D eigenvalue weighted by molar-refractivity contribution is 5.96. The molecule has 1 aliphatic heterocycles. The molecule has 4 heteroatoms. The average molecular weight is 248 g/mol. The molecule has 0 bridgehead atoms. The van der Waals surface area contributed by atoms with Crippen molar-refractivity contribution in [1.82, 2.24) is 5.32 Å². The molecule has 1 fully saturated rings. The molecule has 0 aromatic heterocycles. The largest absolute Gasteiger partial charge is 0.492 e. The van der Waals surface area contributed by atoms with Gasteiger partial charge < -0.3 is 15.4 Å². The molecule has 0 saturated carbocycles. The quantitative estimate of drug-likeness (QED) is 0.857. The van der Waals surface area contributed by atoms with Gasteiger partial charge in [0, 0.05) is 6.54 Å². The van der Waals surface area contributed by atoms with Crippen LogP contribution in [0, 0.1) is 5.41 Å². The van der Waals surface area contributed by atoms with E-state index in [1.807, 2.05) is 38.1 Å². The molecule has 1 unspecified atom stereocenters. The maximum absolute atomic E-state index is 12.3. The highest BCUT2D eigenvalue weighted by Crippen LogP contribution is 2.29. The molecular formula is C14H20N2O2. The molecule has 2 N–H and O–H groups in total. The fourth-order valence-electron chi connectivity index (χ4n) is 2.14. The van der Waals surface area contributed by atoms with E-state index in [1.54, 1.807) is 0 Å². The second-order valence-electron chi connectivity index (χ2n) is 4.87. The molecule has 18 heavy (non-hydrogen) atoms. The molecule has 98 valence electrons. The van der Waals surface area contributed by atoms with Gasteiger partial charge in [0.15, 0.2) is 0 Å². The zero-order valence-corrected chi connectivity index (χ0v) is 11.0. The smallest absolute Gasteiger partial charge is 0.231 e. The molecule has 1 aromatic rings. The number of benzene rings is 1. The minimum Gasteiger partial charge on any atom is -0.492 e. The Hall–Kier alpha value is -1.55. The Balaban J connectivity index is 2.11. The number of anilines is 1. The van der Waals surface area contributed by atoms with Gasteiger partial charge in [-0.25, -0.2) is 0 Å². The Morgan fingerprint density at radius 3 is 2.94 bits per heavy atom. The summed E-state index contributed by atoms with van der Waals surface area (Å²) >= 11 is 0. The molecule has 0 radical (unpaired) electrons. The Labute approximate surface area is 108 Å². The average Bonchev–Trinajstić information content (AvgIpc) is 2.80. The Morgan fingerprint density at radius 2 is 2.28 bits per heavy atom. The molecule has 1 saturated heterocycles. The molecule has 0 spiro atoms. The van der Waals surface area contributed by atoms with E-state index in [0.717, 1.165) is 30.9 Å². The number of carbonyl (C=O) groups excluding carboxylic acids is 1. The summed E-state index contributed by atoms with van der Waals surface area (Å²) in [4.78, 5) is 12.3. The van der Waals surface area contributed by atoms with Gasteiger partial charge in [0.25, 0.3) is 0 Å². The Morgan fingerprint density at radius 1 is 1.50 bits per heavy atom. The number of hydrogen-bond donors (Lipinski definition) is 2. The SMILES string of the molecule is CCOc1ccccc1NC(=O)C1(C)CCNC1. The monoisotopic (exact) mass is 248 g/mol. The van der Waals surface area contributed by atoms with Crippen LogP contribution in [0.3, 0.4) is 0 Å². The van der Waals surface area contributed by atoms with Crippen molar-refractivity contribution in [3.8, 4) is 5.75 Å². The van der Waals surface area contributed by atoms with Crippen molar-refractivity contribution in [2.75, 3.05) is 25.0 Å². The van der Waals surface area contributed by atoms with Crippen molar-refractivity contribution in [3.63, 3.8) is 0 Å². The van der Waals surface area contributed by atoms with Gasteiger partial charge >= 0.3 is 0 Å². The first kappa shape index (κ1) is 12.9. The normalized spacial score (nSPS) is 22.8. The van der Waals surface area contributed by atoms with Crippen LogP contribution in [0.4, 0.5) is 5.69 Å². The van der Waals surface area contributed by atoms with Crippen LogP contribution in [0.2, 0.25) is 0 Å². The zero-order chi connectivity index (χ0) is 13.0. The summed E-state index contributed by atoms with van der Waals surface area (Å²) < 4.78 is 5.50. The molecular weight excluding hydrogens is 228 g/mol. The third-order valence-corrected chi connectivity index (χ3v) is 3.35. The minimum atomic E-state index is -0.320. The number of ether oxygens (including phenoxy) is 1. The number of carbonyl (C=O) groups is 1. The summed E-state index contributed by atoms with van der Waals surface area (Å²) in [6, 6.07) is 7.54. The van der Waals surface area contributed by atoms with E-state index in [4.69, 9.17) is 4.74 Å². The van der Waals surface area contributed by atoms with Crippen molar-refractivity contribution < 1.29 is 9.53 Å². The van der Waals surface area contributed by atoms with Crippen molar-refractivity contribution in [2.24, 2.45) is 5.41 Å². The second kappa shape index (κ2) is 5.40. The lowest BCUT2D eigenvalue weighted by Gasteiger charge is -2.22. The summed E-state index contributed by atoms with van der Waals surface area (Å²) in [5.41, 5.74) is 0.428. The number of para-hydroxylation sites is 2. The molecule has 1 aromatic carbocycles. The molecule has 4 nitrogen and oxygen atoms in total. The van der Waals surface area contributed by atoms with Crippen molar-refractivity contribution in [1.29, 1.82) is 0 Å². The van der Waals surface area contributed by atoms with E-state index in [-0.39, 0.29) is 11.3 Å². The first-order valence-electron chi connectivity index (χ1n) is 6.40. The van der Waals surface area contributed by atoms with Crippen molar-refractivity contribution in [2.45, 2.75) is 20.3 Å². The van der Waals surface area contributed by atoms with Crippen LogP contribution in [0.25, 0.3) is 0 Å². The number of amides is 1. The fraction of sp³-hybridized carbons (Fsp3) is 0.500.